The topological polar surface area (TPSA) is 49.4 Å². The van der Waals surface area contributed by atoms with Crippen molar-refractivity contribution in [3.05, 3.63) is 20.8 Å². The van der Waals surface area contributed by atoms with Crippen LogP contribution in [0.15, 0.2) is 15.9 Å². The molecule has 1 atom stereocenters. The predicted octanol–water partition coefficient (Wildman–Crippen LogP) is 2.14. The maximum Gasteiger partial charge on any atom is 0.246 e. The number of halogens is 1. The number of thiophene rings is 1. The van der Waals surface area contributed by atoms with E-state index in [1.165, 1.54) is 0 Å². The van der Waals surface area contributed by atoms with E-state index in [1.54, 1.807) is 16.2 Å². The van der Waals surface area contributed by atoms with Gasteiger partial charge < -0.3 is 10.2 Å². The average Bonchev–Trinajstić information content (AvgIpc) is 2.75. The third-order valence-corrected chi connectivity index (χ3v) is 5.09. The monoisotopic (exact) mass is 330 g/mol. The van der Waals surface area contributed by atoms with Crippen LogP contribution in [-0.4, -0.2) is 28.8 Å². The molecule has 18 heavy (non-hydrogen) atoms. The van der Waals surface area contributed by atoms with Crippen molar-refractivity contribution in [1.29, 1.82) is 0 Å². The molecule has 0 aromatic carbocycles. The predicted molar refractivity (Wildman–Crippen MR) is 74.3 cm³/mol. The minimum Gasteiger partial charge on any atom is -0.345 e. The van der Waals surface area contributed by atoms with Gasteiger partial charge in [0.15, 0.2) is 0 Å². The molecule has 1 saturated heterocycles. The number of hydrogen-bond acceptors (Lipinski definition) is 3. The van der Waals surface area contributed by atoms with Crippen LogP contribution in [0.2, 0.25) is 0 Å². The summed E-state index contributed by atoms with van der Waals surface area (Å²) in [6.07, 6.45) is 0.608. The van der Waals surface area contributed by atoms with E-state index < -0.39 is 5.54 Å². The lowest BCUT2D eigenvalue weighted by Crippen LogP contribution is -2.65. The van der Waals surface area contributed by atoms with Crippen LogP contribution in [0.25, 0.3) is 0 Å². The van der Waals surface area contributed by atoms with E-state index in [2.05, 4.69) is 21.2 Å². The summed E-state index contributed by atoms with van der Waals surface area (Å²) < 4.78 is 1.01. The molecule has 1 aliphatic heterocycles. The Balaban J connectivity index is 2.26. The standard InChI is InChI=1S/C12H15BrN2O2S/c1-3-12(2)11(17)14-5-10(16)15(12)6-9-4-8(13)7-18-9/h4,7H,3,5-6H2,1-2H3,(H,14,17). The largest absolute Gasteiger partial charge is 0.345 e. The van der Waals surface area contributed by atoms with E-state index >= 15 is 0 Å². The second-order valence-corrected chi connectivity index (χ2v) is 6.43. The van der Waals surface area contributed by atoms with E-state index in [0.717, 1.165) is 9.35 Å². The quantitative estimate of drug-likeness (QED) is 0.923. The summed E-state index contributed by atoms with van der Waals surface area (Å²) in [6, 6.07) is 1.99. The van der Waals surface area contributed by atoms with Gasteiger partial charge >= 0.3 is 0 Å². The van der Waals surface area contributed by atoms with Crippen molar-refractivity contribution in [3.63, 3.8) is 0 Å². The molecule has 1 fully saturated rings. The molecule has 98 valence electrons. The first kappa shape index (κ1) is 13.5. The number of hydrogen-bond donors (Lipinski definition) is 1. The first-order valence-electron chi connectivity index (χ1n) is 5.79. The summed E-state index contributed by atoms with van der Waals surface area (Å²) in [5.41, 5.74) is -0.744. The summed E-state index contributed by atoms with van der Waals surface area (Å²) in [4.78, 5) is 26.8. The number of amides is 2. The van der Waals surface area contributed by atoms with E-state index in [4.69, 9.17) is 0 Å². The van der Waals surface area contributed by atoms with Crippen LogP contribution in [-0.2, 0) is 16.1 Å². The fourth-order valence-corrected chi connectivity index (χ4v) is 3.49. The van der Waals surface area contributed by atoms with E-state index in [0.29, 0.717) is 13.0 Å². The third-order valence-electron chi connectivity index (χ3n) is 3.41. The Labute approximate surface area is 118 Å². The van der Waals surface area contributed by atoms with Gasteiger partial charge in [0.1, 0.15) is 5.54 Å². The number of carbonyl (C=O) groups excluding carboxylic acids is 2. The molecule has 0 radical (unpaired) electrons. The van der Waals surface area contributed by atoms with Gasteiger partial charge in [-0.3, -0.25) is 9.59 Å². The average molecular weight is 331 g/mol. The van der Waals surface area contributed by atoms with Gasteiger partial charge in [-0.05, 0) is 35.3 Å². The Morgan fingerprint density at radius 1 is 1.56 bits per heavy atom. The summed E-state index contributed by atoms with van der Waals surface area (Å²) in [7, 11) is 0. The fraction of sp³-hybridized carbons (Fsp3) is 0.500. The summed E-state index contributed by atoms with van der Waals surface area (Å²) in [5.74, 6) is -0.0938. The second-order valence-electron chi connectivity index (χ2n) is 4.52. The highest BCUT2D eigenvalue weighted by Crippen LogP contribution is 2.28. The number of carbonyl (C=O) groups is 2. The highest BCUT2D eigenvalue weighted by molar-refractivity contribution is 9.10. The lowest BCUT2D eigenvalue weighted by molar-refractivity contribution is -0.153. The van der Waals surface area contributed by atoms with E-state index in [9.17, 15) is 9.59 Å². The van der Waals surface area contributed by atoms with Gasteiger partial charge in [0.2, 0.25) is 11.8 Å². The van der Waals surface area contributed by atoms with E-state index in [-0.39, 0.29) is 18.4 Å². The number of piperazine rings is 1. The van der Waals surface area contributed by atoms with Crippen molar-refractivity contribution in [2.45, 2.75) is 32.4 Å². The summed E-state index contributed by atoms with van der Waals surface area (Å²) in [6.45, 7) is 4.34. The maximum absolute atomic E-state index is 12.0. The second kappa shape index (κ2) is 5.01. The van der Waals surface area contributed by atoms with Gasteiger partial charge in [0.05, 0.1) is 13.1 Å². The van der Waals surface area contributed by atoms with Crippen LogP contribution in [0.4, 0.5) is 0 Å². The molecule has 2 amide bonds. The molecular weight excluding hydrogens is 316 g/mol. The van der Waals surface area contributed by atoms with Crippen LogP contribution in [0.1, 0.15) is 25.1 Å². The Bertz CT molecular complexity index is 488. The van der Waals surface area contributed by atoms with Gasteiger partial charge in [0.25, 0.3) is 0 Å². The molecule has 2 rings (SSSR count). The van der Waals surface area contributed by atoms with E-state index in [1.807, 2.05) is 25.3 Å². The molecule has 0 aliphatic carbocycles. The van der Waals surface area contributed by atoms with Crippen molar-refractivity contribution < 1.29 is 9.59 Å². The van der Waals surface area contributed by atoms with Crippen LogP contribution < -0.4 is 5.32 Å². The molecule has 1 unspecified atom stereocenters. The highest BCUT2D eigenvalue weighted by atomic mass is 79.9. The molecule has 1 aromatic heterocycles. The first-order chi connectivity index (χ1) is 8.47. The van der Waals surface area contributed by atoms with Crippen molar-refractivity contribution in [2.75, 3.05) is 6.54 Å². The minimum atomic E-state index is -0.744. The zero-order valence-corrected chi connectivity index (χ0v) is 12.7. The molecule has 1 aromatic rings. The van der Waals surface area contributed by atoms with Gasteiger partial charge in [-0.15, -0.1) is 11.3 Å². The van der Waals surface area contributed by atoms with Crippen molar-refractivity contribution in [3.8, 4) is 0 Å². The SMILES string of the molecule is CCC1(C)C(=O)NCC(=O)N1Cc1cc(Br)cs1. The lowest BCUT2D eigenvalue weighted by Gasteiger charge is -2.42. The van der Waals surface area contributed by atoms with Crippen molar-refractivity contribution in [2.24, 2.45) is 0 Å². The molecule has 4 nitrogen and oxygen atoms in total. The fourth-order valence-electron chi connectivity index (χ4n) is 2.05. The first-order valence-corrected chi connectivity index (χ1v) is 7.46. The number of nitrogens with zero attached hydrogens (tertiary/aromatic N) is 1. The molecular formula is C12H15BrN2O2S. The van der Waals surface area contributed by atoms with Gasteiger partial charge in [0, 0.05) is 14.7 Å². The lowest BCUT2D eigenvalue weighted by atomic mass is 9.92. The van der Waals surface area contributed by atoms with Gasteiger partial charge in [-0.1, -0.05) is 6.92 Å². The van der Waals surface area contributed by atoms with Crippen LogP contribution >= 0.6 is 27.3 Å². The molecule has 2 heterocycles. The summed E-state index contributed by atoms with van der Waals surface area (Å²) in [5, 5.41) is 4.64. The third kappa shape index (κ3) is 2.31. The van der Waals surface area contributed by atoms with Crippen LogP contribution in [0.3, 0.4) is 0 Å². The van der Waals surface area contributed by atoms with Crippen LogP contribution in [0.5, 0.6) is 0 Å². The Hall–Kier alpha value is -0.880. The Morgan fingerprint density at radius 3 is 2.83 bits per heavy atom. The minimum absolute atomic E-state index is 0.0246. The molecule has 0 saturated carbocycles. The van der Waals surface area contributed by atoms with Crippen molar-refractivity contribution >= 4 is 39.1 Å². The Kier molecular flexibility index (Phi) is 3.77. The van der Waals surface area contributed by atoms with Crippen molar-refractivity contribution in [1.82, 2.24) is 10.2 Å². The van der Waals surface area contributed by atoms with Gasteiger partial charge in [-0.25, -0.2) is 0 Å². The zero-order valence-electron chi connectivity index (χ0n) is 10.3. The Morgan fingerprint density at radius 2 is 2.28 bits per heavy atom. The van der Waals surface area contributed by atoms with Crippen LogP contribution in [0, 0.1) is 0 Å². The number of rotatable bonds is 3. The molecule has 1 N–H and O–H groups in total. The number of nitrogens with one attached hydrogen (secondary N) is 1. The molecule has 1 aliphatic rings. The van der Waals surface area contributed by atoms with Gasteiger partial charge in [-0.2, -0.15) is 0 Å². The highest BCUT2D eigenvalue weighted by Gasteiger charge is 2.44. The molecule has 0 spiro atoms. The smallest absolute Gasteiger partial charge is 0.246 e. The zero-order chi connectivity index (χ0) is 13.3. The molecule has 0 bridgehead atoms. The molecule has 6 heteroatoms. The normalized spacial score (nSPS) is 24.3. The summed E-state index contributed by atoms with van der Waals surface area (Å²) >= 11 is 4.98. The maximum atomic E-state index is 12.0.